The number of thiophene rings is 1. The third kappa shape index (κ3) is 3.84. The molecule has 0 saturated heterocycles. The maximum absolute atomic E-state index is 12.2. The van der Waals surface area contributed by atoms with Crippen LogP contribution in [0.3, 0.4) is 0 Å². The van der Waals surface area contributed by atoms with Crippen molar-refractivity contribution in [3.63, 3.8) is 0 Å². The van der Waals surface area contributed by atoms with E-state index >= 15 is 0 Å². The van der Waals surface area contributed by atoms with Crippen molar-refractivity contribution in [2.75, 3.05) is 13.1 Å². The van der Waals surface area contributed by atoms with E-state index in [0.29, 0.717) is 12.1 Å². The van der Waals surface area contributed by atoms with Crippen LogP contribution < -0.4 is 5.32 Å². The first-order valence-corrected chi connectivity index (χ1v) is 9.68. The Morgan fingerprint density at radius 1 is 1.31 bits per heavy atom. The Kier molecular flexibility index (Phi) is 5.08. The minimum Gasteiger partial charge on any atom is -0.352 e. The molecule has 1 aliphatic rings. The molecule has 0 bridgehead atoms. The zero-order valence-electron chi connectivity index (χ0n) is 14.4. The lowest BCUT2D eigenvalue weighted by Gasteiger charge is -2.33. The maximum Gasteiger partial charge on any atom is 0.252 e. The number of fused-ring (bicyclic) bond motifs is 1. The van der Waals surface area contributed by atoms with Crippen molar-refractivity contribution < 1.29 is 4.79 Å². The summed E-state index contributed by atoms with van der Waals surface area (Å²) in [6.07, 6.45) is 5.97. The molecular weight excluding hydrogens is 346 g/mol. The van der Waals surface area contributed by atoms with Gasteiger partial charge in [0.15, 0.2) is 0 Å². The molecule has 26 heavy (non-hydrogen) atoms. The molecule has 3 aromatic rings. The average molecular weight is 367 g/mol. The first kappa shape index (κ1) is 16.9. The van der Waals surface area contributed by atoms with Crippen LogP contribution in [-0.2, 0) is 13.1 Å². The lowest BCUT2D eigenvalue weighted by molar-refractivity contribution is 0.0946. The van der Waals surface area contributed by atoms with Crippen molar-refractivity contribution in [1.82, 2.24) is 25.0 Å². The van der Waals surface area contributed by atoms with Gasteiger partial charge in [0.1, 0.15) is 0 Å². The summed E-state index contributed by atoms with van der Waals surface area (Å²) in [6.45, 7) is 3.42. The largest absolute Gasteiger partial charge is 0.352 e. The van der Waals surface area contributed by atoms with E-state index in [1.165, 1.54) is 11.3 Å². The van der Waals surface area contributed by atoms with E-state index in [-0.39, 0.29) is 11.9 Å². The van der Waals surface area contributed by atoms with Crippen molar-refractivity contribution in [2.24, 2.45) is 0 Å². The minimum absolute atomic E-state index is 0.0790. The normalized spacial score (nSPS) is 17.0. The topological polar surface area (TPSA) is 63.1 Å². The second-order valence-electron chi connectivity index (χ2n) is 6.51. The van der Waals surface area contributed by atoms with E-state index in [0.717, 1.165) is 26.1 Å². The summed E-state index contributed by atoms with van der Waals surface area (Å²) in [4.78, 5) is 18.6. The summed E-state index contributed by atoms with van der Waals surface area (Å²) in [5.74, 6) is -0.0790. The SMILES string of the molecule is O=C(NCC[C@H]1CN(Cc2ccsc2)Cc2ccnn21)c1cccnc1. The molecule has 0 fully saturated rings. The molecule has 3 aromatic heterocycles. The molecule has 1 aliphatic heterocycles. The summed E-state index contributed by atoms with van der Waals surface area (Å²) in [5.41, 5.74) is 3.18. The summed E-state index contributed by atoms with van der Waals surface area (Å²) >= 11 is 1.73. The Labute approximate surface area is 156 Å². The van der Waals surface area contributed by atoms with Crippen molar-refractivity contribution in [2.45, 2.75) is 25.6 Å². The van der Waals surface area contributed by atoms with Crippen LogP contribution in [0.15, 0.2) is 53.6 Å². The van der Waals surface area contributed by atoms with Crippen molar-refractivity contribution >= 4 is 17.2 Å². The number of hydrogen-bond donors (Lipinski definition) is 1. The average Bonchev–Trinajstić information content (AvgIpc) is 3.34. The van der Waals surface area contributed by atoms with E-state index in [1.54, 1.807) is 35.9 Å². The van der Waals surface area contributed by atoms with Crippen molar-refractivity contribution in [1.29, 1.82) is 0 Å². The number of hydrogen-bond acceptors (Lipinski definition) is 5. The first-order chi connectivity index (χ1) is 12.8. The molecule has 0 radical (unpaired) electrons. The zero-order chi connectivity index (χ0) is 17.8. The Hall–Kier alpha value is -2.51. The molecule has 0 unspecified atom stereocenters. The van der Waals surface area contributed by atoms with Crippen LogP contribution in [0.4, 0.5) is 0 Å². The molecule has 6 nitrogen and oxygen atoms in total. The highest BCUT2D eigenvalue weighted by Crippen LogP contribution is 2.24. The van der Waals surface area contributed by atoms with Crippen LogP contribution in [-0.4, -0.2) is 38.7 Å². The first-order valence-electron chi connectivity index (χ1n) is 8.73. The van der Waals surface area contributed by atoms with E-state index in [9.17, 15) is 4.79 Å². The summed E-state index contributed by atoms with van der Waals surface area (Å²) in [6, 6.07) is 8.08. The zero-order valence-corrected chi connectivity index (χ0v) is 15.2. The predicted octanol–water partition coefficient (Wildman–Crippen LogP) is 2.72. The molecule has 1 atom stereocenters. The lowest BCUT2D eigenvalue weighted by atomic mass is 10.1. The fraction of sp³-hybridized carbons (Fsp3) is 0.316. The van der Waals surface area contributed by atoms with Gasteiger partial charge < -0.3 is 5.32 Å². The highest BCUT2D eigenvalue weighted by atomic mass is 32.1. The highest BCUT2D eigenvalue weighted by molar-refractivity contribution is 7.07. The summed E-state index contributed by atoms with van der Waals surface area (Å²) < 4.78 is 2.11. The van der Waals surface area contributed by atoms with Gasteiger partial charge in [-0.2, -0.15) is 16.4 Å². The quantitative estimate of drug-likeness (QED) is 0.728. The second-order valence-corrected chi connectivity index (χ2v) is 7.29. The Balaban J connectivity index is 1.37. The fourth-order valence-electron chi connectivity index (χ4n) is 3.39. The standard InChI is InChI=1S/C19H21N5OS/c25-19(16-2-1-6-20-10-16)21-7-3-17-12-23(11-15-5-9-26-14-15)13-18-4-8-22-24(17)18/h1-2,4-6,8-10,14,17H,3,7,11-13H2,(H,21,25)/t17-/m0/s1. The summed E-state index contributed by atoms with van der Waals surface area (Å²) in [5, 5.41) is 11.8. The van der Waals surface area contributed by atoms with E-state index in [4.69, 9.17) is 0 Å². The molecule has 134 valence electrons. The number of rotatable bonds is 6. The maximum atomic E-state index is 12.2. The predicted molar refractivity (Wildman–Crippen MR) is 101 cm³/mol. The number of carbonyl (C=O) groups excluding carboxylic acids is 1. The van der Waals surface area contributed by atoms with Crippen LogP contribution in [0, 0.1) is 0 Å². The minimum atomic E-state index is -0.0790. The van der Waals surface area contributed by atoms with Crippen molar-refractivity contribution in [3.05, 3.63) is 70.4 Å². The molecule has 4 heterocycles. The van der Waals surface area contributed by atoms with Crippen LogP contribution in [0.25, 0.3) is 0 Å². The second kappa shape index (κ2) is 7.80. The molecule has 0 aliphatic carbocycles. The van der Waals surface area contributed by atoms with Crippen LogP contribution >= 0.6 is 11.3 Å². The molecule has 0 spiro atoms. The Morgan fingerprint density at radius 3 is 3.08 bits per heavy atom. The third-order valence-electron chi connectivity index (χ3n) is 4.63. The van der Waals surface area contributed by atoms with Gasteiger partial charge in [-0.15, -0.1) is 0 Å². The number of carbonyl (C=O) groups is 1. The number of nitrogens with one attached hydrogen (secondary N) is 1. The van der Waals surface area contributed by atoms with E-state index < -0.39 is 0 Å². The van der Waals surface area contributed by atoms with Crippen LogP contribution in [0.5, 0.6) is 0 Å². The van der Waals surface area contributed by atoms with Gasteiger partial charge in [0, 0.05) is 44.8 Å². The van der Waals surface area contributed by atoms with E-state index in [2.05, 4.69) is 47.9 Å². The molecule has 1 N–H and O–H groups in total. The van der Waals surface area contributed by atoms with Gasteiger partial charge in [-0.25, -0.2) is 0 Å². The molecule has 7 heteroatoms. The fourth-order valence-corrected chi connectivity index (χ4v) is 4.05. The van der Waals surface area contributed by atoms with Crippen molar-refractivity contribution in [3.8, 4) is 0 Å². The van der Waals surface area contributed by atoms with Crippen LogP contribution in [0.2, 0.25) is 0 Å². The molecule has 4 rings (SSSR count). The van der Waals surface area contributed by atoms with Gasteiger partial charge in [-0.1, -0.05) is 0 Å². The monoisotopic (exact) mass is 367 g/mol. The Bertz CT molecular complexity index is 846. The number of pyridine rings is 1. The van der Waals surface area contributed by atoms with Gasteiger partial charge in [0.2, 0.25) is 0 Å². The van der Waals surface area contributed by atoms with Gasteiger partial charge in [0.05, 0.1) is 17.3 Å². The lowest BCUT2D eigenvalue weighted by Crippen LogP contribution is -2.38. The number of aromatic nitrogens is 3. The molecule has 0 saturated carbocycles. The van der Waals surface area contributed by atoms with E-state index in [1.807, 2.05) is 6.20 Å². The Morgan fingerprint density at radius 2 is 2.27 bits per heavy atom. The molecular formula is C19H21N5OS. The van der Waals surface area contributed by atoms with Gasteiger partial charge in [0.25, 0.3) is 5.91 Å². The van der Waals surface area contributed by atoms with Gasteiger partial charge in [-0.3, -0.25) is 19.4 Å². The molecule has 0 aromatic carbocycles. The number of amides is 1. The van der Waals surface area contributed by atoms with Gasteiger partial charge in [-0.05, 0) is 47.0 Å². The molecule has 1 amide bonds. The highest BCUT2D eigenvalue weighted by Gasteiger charge is 2.25. The summed E-state index contributed by atoms with van der Waals surface area (Å²) in [7, 11) is 0. The number of nitrogens with zero attached hydrogens (tertiary/aromatic N) is 4. The van der Waals surface area contributed by atoms with Gasteiger partial charge >= 0.3 is 0 Å². The smallest absolute Gasteiger partial charge is 0.252 e. The van der Waals surface area contributed by atoms with Crippen LogP contribution in [0.1, 0.15) is 34.1 Å². The third-order valence-corrected chi connectivity index (χ3v) is 5.36.